The van der Waals surface area contributed by atoms with Gasteiger partial charge in [-0.3, -0.25) is 14.5 Å². The van der Waals surface area contributed by atoms with Gasteiger partial charge in [0.05, 0.1) is 19.0 Å². The van der Waals surface area contributed by atoms with Crippen molar-refractivity contribution in [2.75, 3.05) is 26.7 Å². The molecule has 1 aliphatic heterocycles. The van der Waals surface area contributed by atoms with E-state index in [1.54, 1.807) is 11.9 Å². The second kappa shape index (κ2) is 8.54. The Bertz CT molecular complexity index is 378. The maximum atomic E-state index is 12.1. The third-order valence-electron chi connectivity index (χ3n) is 3.76. The number of amides is 1. The highest BCUT2D eigenvalue weighted by Gasteiger charge is 2.25. The van der Waals surface area contributed by atoms with Crippen LogP contribution in [0.4, 0.5) is 0 Å². The molecule has 20 heavy (non-hydrogen) atoms. The van der Waals surface area contributed by atoms with E-state index in [1.807, 2.05) is 6.07 Å². The zero-order chi connectivity index (χ0) is 15.0. The first-order valence-corrected chi connectivity index (χ1v) is 7.11. The summed E-state index contributed by atoms with van der Waals surface area (Å²) in [6.45, 7) is 1.62. The van der Waals surface area contributed by atoms with Crippen LogP contribution >= 0.6 is 0 Å². The average Bonchev–Trinajstić information content (AvgIpc) is 2.43. The first kappa shape index (κ1) is 16.4. The molecule has 6 nitrogen and oxygen atoms in total. The van der Waals surface area contributed by atoms with Crippen molar-refractivity contribution in [3.63, 3.8) is 0 Å². The Hall–Kier alpha value is -1.61. The summed E-state index contributed by atoms with van der Waals surface area (Å²) in [5, 5.41) is 17.3. The van der Waals surface area contributed by atoms with E-state index in [0.29, 0.717) is 25.9 Å². The van der Waals surface area contributed by atoms with Crippen LogP contribution in [0.2, 0.25) is 0 Å². The van der Waals surface area contributed by atoms with Gasteiger partial charge in [-0.1, -0.05) is 6.42 Å². The molecule has 1 unspecified atom stereocenters. The molecule has 1 saturated heterocycles. The van der Waals surface area contributed by atoms with Crippen molar-refractivity contribution in [1.82, 2.24) is 9.80 Å². The molecule has 1 aliphatic rings. The standard InChI is InChI=1S/C14H23N3O3/c1-16(9-4-8-15)13(18)11-17-10-3-2-5-12(17)6-7-14(19)20/h12H,2-7,9-11H2,1H3,(H,19,20). The van der Waals surface area contributed by atoms with Crippen molar-refractivity contribution in [2.24, 2.45) is 0 Å². The zero-order valence-electron chi connectivity index (χ0n) is 12.0. The number of hydrogen-bond acceptors (Lipinski definition) is 4. The Morgan fingerprint density at radius 1 is 1.45 bits per heavy atom. The number of rotatable bonds is 7. The highest BCUT2D eigenvalue weighted by molar-refractivity contribution is 5.78. The highest BCUT2D eigenvalue weighted by atomic mass is 16.4. The van der Waals surface area contributed by atoms with Gasteiger partial charge in [-0.25, -0.2) is 0 Å². The van der Waals surface area contributed by atoms with E-state index in [-0.39, 0.29) is 18.4 Å². The van der Waals surface area contributed by atoms with Crippen molar-refractivity contribution in [3.8, 4) is 6.07 Å². The lowest BCUT2D eigenvalue weighted by Crippen LogP contribution is -2.46. The van der Waals surface area contributed by atoms with Crippen molar-refractivity contribution < 1.29 is 14.7 Å². The SMILES string of the molecule is CN(CCC#N)C(=O)CN1CCCCC1CCC(=O)O. The lowest BCUT2D eigenvalue weighted by molar-refractivity contribution is -0.137. The number of nitrogens with zero attached hydrogens (tertiary/aromatic N) is 3. The minimum absolute atomic E-state index is 0.00229. The molecule has 6 heteroatoms. The fourth-order valence-electron chi connectivity index (χ4n) is 2.52. The molecule has 0 saturated carbocycles. The normalized spacial score (nSPS) is 19.3. The molecule has 1 amide bonds. The van der Waals surface area contributed by atoms with E-state index >= 15 is 0 Å². The summed E-state index contributed by atoms with van der Waals surface area (Å²) in [7, 11) is 1.70. The Labute approximate surface area is 120 Å². The summed E-state index contributed by atoms with van der Waals surface area (Å²) in [6.07, 6.45) is 4.20. The molecule has 0 aliphatic carbocycles. The molecule has 112 valence electrons. The highest BCUT2D eigenvalue weighted by Crippen LogP contribution is 2.20. The lowest BCUT2D eigenvalue weighted by Gasteiger charge is -2.35. The molecule has 1 N–H and O–H groups in total. The number of piperidine rings is 1. The number of carbonyl (C=O) groups excluding carboxylic acids is 1. The van der Waals surface area contributed by atoms with Gasteiger partial charge in [0.2, 0.25) is 5.91 Å². The summed E-state index contributed by atoms with van der Waals surface area (Å²) in [5.41, 5.74) is 0. The van der Waals surface area contributed by atoms with Gasteiger partial charge in [0.25, 0.3) is 0 Å². The van der Waals surface area contributed by atoms with Gasteiger partial charge in [-0.2, -0.15) is 5.26 Å². The Morgan fingerprint density at radius 3 is 2.85 bits per heavy atom. The van der Waals surface area contributed by atoms with E-state index in [0.717, 1.165) is 25.8 Å². The largest absolute Gasteiger partial charge is 0.481 e. The number of nitriles is 1. The van der Waals surface area contributed by atoms with Crippen molar-refractivity contribution in [3.05, 3.63) is 0 Å². The van der Waals surface area contributed by atoms with Crippen LogP contribution in [0, 0.1) is 11.3 Å². The maximum Gasteiger partial charge on any atom is 0.303 e. The van der Waals surface area contributed by atoms with Gasteiger partial charge in [-0.05, 0) is 25.8 Å². The summed E-state index contributed by atoms with van der Waals surface area (Å²) >= 11 is 0. The van der Waals surface area contributed by atoms with Gasteiger partial charge in [0.1, 0.15) is 0 Å². The second-order valence-electron chi connectivity index (χ2n) is 5.28. The predicted molar refractivity (Wildman–Crippen MR) is 73.9 cm³/mol. The van der Waals surface area contributed by atoms with Crippen LogP contribution < -0.4 is 0 Å². The fraction of sp³-hybridized carbons (Fsp3) is 0.786. The van der Waals surface area contributed by atoms with E-state index in [9.17, 15) is 9.59 Å². The summed E-state index contributed by atoms with van der Waals surface area (Å²) in [6, 6.07) is 2.21. The average molecular weight is 281 g/mol. The number of likely N-dealkylation sites (N-methyl/N-ethyl adjacent to an activating group) is 1. The van der Waals surface area contributed by atoms with Gasteiger partial charge in [0.15, 0.2) is 0 Å². The van der Waals surface area contributed by atoms with Gasteiger partial charge < -0.3 is 10.0 Å². The van der Waals surface area contributed by atoms with E-state index in [4.69, 9.17) is 10.4 Å². The molecular weight excluding hydrogens is 258 g/mol. The Balaban J connectivity index is 2.47. The number of carbonyl (C=O) groups is 2. The molecule has 1 rings (SSSR count). The van der Waals surface area contributed by atoms with Gasteiger partial charge >= 0.3 is 5.97 Å². The third-order valence-corrected chi connectivity index (χ3v) is 3.76. The Kier molecular flexibility index (Phi) is 7.02. The van der Waals surface area contributed by atoms with E-state index < -0.39 is 5.97 Å². The van der Waals surface area contributed by atoms with Gasteiger partial charge in [-0.15, -0.1) is 0 Å². The minimum Gasteiger partial charge on any atom is -0.481 e. The van der Waals surface area contributed by atoms with E-state index in [2.05, 4.69) is 4.90 Å². The molecule has 0 aromatic rings. The zero-order valence-corrected chi connectivity index (χ0v) is 12.0. The minimum atomic E-state index is -0.784. The molecule has 0 spiro atoms. The first-order chi connectivity index (χ1) is 9.54. The third kappa shape index (κ3) is 5.57. The van der Waals surface area contributed by atoms with Crippen LogP contribution in [0.1, 0.15) is 38.5 Å². The monoisotopic (exact) mass is 281 g/mol. The molecular formula is C14H23N3O3. The number of carboxylic acid groups (broad SMARTS) is 1. The molecule has 0 aromatic heterocycles. The number of hydrogen-bond donors (Lipinski definition) is 1. The smallest absolute Gasteiger partial charge is 0.303 e. The fourth-order valence-corrected chi connectivity index (χ4v) is 2.52. The first-order valence-electron chi connectivity index (χ1n) is 7.11. The summed E-state index contributed by atoms with van der Waals surface area (Å²) < 4.78 is 0. The summed E-state index contributed by atoms with van der Waals surface area (Å²) in [5.74, 6) is -0.782. The topological polar surface area (TPSA) is 84.6 Å². The number of aliphatic carboxylic acids is 1. The molecule has 0 bridgehead atoms. The molecule has 1 atom stereocenters. The maximum absolute atomic E-state index is 12.1. The summed E-state index contributed by atoms with van der Waals surface area (Å²) in [4.78, 5) is 26.4. The van der Waals surface area contributed by atoms with Crippen LogP contribution in [0.3, 0.4) is 0 Å². The van der Waals surface area contributed by atoms with Crippen LogP contribution in [-0.2, 0) is 9.59 Å². The van der Waals surface area contributed by atoms with Crippen molar-refractivity contribution in [2.45, 2.75) is 44.6 Å². The van der Waals surface area contributed by atoms with Gasteiger partial charge in [0, 0.05) is 26.1 Å². The van der Waals surface area contributed by atoms with Crippen LogP contribution in [0.15, 0.2) is 0 Å². The van der Waals surface area contributed by atoms with Crippen molar-refractivity contribution >= 4 is 11.9 Å². The molecule has 0 radical (unpaired) electrons. The van der Waals surface area contributed by atoms with Crippen LogP contribution in [0.5, 0.6) is 0 Å². The predicted octanol–water partition coefficient (Wildman–Crippen LogP) is 1.08. The molecule has 0 aromatic carbocycles. The second-order valence-corrected chi connectivity index (χ2v) is 5.28. The quantitative estimate of drug-likeness (QED) is 0.754. The Morgan fingerprint density at radius 2 is 2.20 bits per heavy atom. The lowest BCUT2D eigenvalue weighted by atomic mass is 9.98. The van der Waals surface area contributed by atoms with Crippen LogP contribution in [-0.4, -0.2) is 59.5 Å². The molecule has 1 fully saturated rings. The van der Waals surface area contributed by atoms with Crippen LogP contribution in [0.25, 0.3) is 0 Å². The number of likely N-dealkylation sites (tertiary alicyclic amines) is 1. The van der Waals surface area contributed by atoms with Crippen molar-refractivity contribution in [1.29, 1.82) is 5.26 Å². The number of carboxylic acids is 1. The van der Waals surface area contributed by atoms with E-state index in [1.165, 1.54) is 0 Å². The molecule has 1 heterocycles.